The molecule has 1 aromatic carbocycles. The number of halogens is 4. The molecule has 1 fully saturated rings. The summed E-state index contributed by atoms with van der Waals surface area (Å²) in [5.74, 6) is -7.83. The van der Waals surface area contributed by atoms with Crippen molar-refractivity contribution >= 4 is 0 Å². The zero-order valence-electron chi connectivity index (χ0n) is 8.11. The molecule has 0 aliphatic heterocycles. The van der Waals surface area contributed by atoms with Gasteiger partial charge in [-0.2, -0.15) is 17.6 Å². The minimum Gasteiger partial charge on any atom is -0.200 e. The second kappa shape index (κ2) is 2.74. The highest BCUT2D eigenvalue weighted by atomic mass is 19.3. The smallest absolute Gasteiger partial charge is 0.200 e. The van der Waals surface area contributed by atoms with Crippen molar-refractivity contribution in [3.63, 3.8) is 0 Å². The van der Waals surface area contributed by atoms with Crippen molar-refractivity contribution in [2.24, 2.45) is 0 Å². The van der Waals surface area contributed by atoms with Gasteiger partial charge in [-0.25, -0.2) is 0 Å². The molecule has 0 radical (unpaired) electrons. The Balaban J connectivity index is 2.40. The van der Waals surface area contributed by atoms with E-state index in [0.717, 1.165) is 0 Å². The monoisotopic (exact) mass is 218 g/mol. The molecular formula is C11H10F4. The van der Waals surface area contributed by atoms with E-state index in [1.54, 1.807) is 18.2 Å². The molecule has 4 heteroatoms. The molecule has 1 aromatic rings. The van der Waals surface area contributed by atoms with Crippen LogP contribution in [0.2, 0.25) is 0 Å². The van der Waals surface area contributed by atoms with E-state index >= 15 is 0 Å². The van der Waals surface area contributed by atoms with Gasteiger partial charge < -0.3 is 0 Å². The van der Waals surface area contributed by atoms with Crippen molar-refractivity contribution in [1.29, 1.82) is 0 Å². The van der Waals surface area contributed by atoms with Gasteiger partial charge in [0, 0.05) is 6.42 Å². The van der Waals surface area contributed by atoms with Gasteiger partial charge in [0.2, 0.25) is 0 Å². The van der Waals surface area contributed by atoms with E-state index in [2.05, 4.69) is 0 Å². The van der Waals surface area contributed by atoms with E-state index in [9.17, 15) is 17.6 Å². The van der Waals surface area contributed by atoms with Gasteiger partial charge in [-0.3, -0.25) is 0 Å². The lowest BCUT2D eigenvalue weighted by atomic mass is 9.60. The van der Waals surface area contributed by atoms with E-state index < -0.39 is 23.7 Å². The molecule has 2 rings (SSSR count). The van der Waals surface area contributed by atoms with Gasteiger partial charge in [-0.15, -0.1) is 0 Å². The first-order valence-electron chi connectivity index (χ1n) is 4.62. The fourth-order valence-electron chi connectivity index (χ4n) is 2.05. The molecular weight excluding hydrogens is 208 g/mol. The molecule has 0 amide bonds. The van der Waals surface area contributed by atoms with Crippen LogP contribution in [0.25, 0.3) is 0 Å². The van der Waals surface area contributed by atoms with Crippen LogP contribution in [0.4, 0.5) is 17.6 Å². The molecule has 1 saturated carbocycles. The Kier molecular flexibility index (Phi) is 1.91. The maximum absolute atomic E-state index is 13.3. The van der Waals surface area contributed by atoms with Gasteiger partial charge in [0.05, 0.1) is 5.41 Å². The molecule has 15 heavy (non-hydrogen) atoms. The van der Waals surface area contributed by atoms with Crippen LogP contribution in [0, 0.1) is 0 Å². The third-order valence-electron chi connectivity index (χ3n) is 3.14. The van der Waals surface area contributed by atoms with E-state index in [-0.39, 0.29) is 5.56 Å². The third-order valence-corrected chi connectivity index (χ3v) is 3.14. The molecule has 0 spiro atoms. The minimum atomic E-state index is -3.96. The van der Waals surface area contributed by atoms with Crippen molar-refractivity contribution < 1.29 is 17.6 Å². The fraction of sp³-hybridized carbons (Fsp3) is 0.455. The lowest BCUT2D eigenvalue weighted by Crippen LogP contribution is -2.67. The summed E-state index contributed by atoms with van der Waals surface area (Å²) in [6, 6.07) is 7.74. The van der Waals surface area contributed by atoms with Gasteiger partial charge >= 0.3 is 11.8 Å². The van der Waals surface area contributed by atoms with Crippen molar-refractivity contribution in [2.75, 3.05) is 0 Å². The van der Waals surface area contributed by atoms with Gasteiger partial charge in [0.1, 0.15) is 0 Å². The standard InChI is InChI=1S/C11H10F4/c1-9(8-5-3-2-4-6-8)7-10(12,13)11(9,14)15/h2-6H,7H2,1H3. The molecule has 0 bridgehead atoms. The summed E-state index contributed by atoms with van der Waals surface area (Å²) in [6.45, 7) is 1.18. The van der Waals surface area contributed by atoms with Crippen LogP contribution in [-0.4, -0.2) is 11.8 Å². The van der Waals surface area contributed by atoms with E-state index in [4.69, 9.17) is 0 Å². The minimum absolute atomic E-state index is 0.265. The SMILES string of the molecule is CC1(c2ccccc2)CC(F)(F)C1(F)F. The maximum Gasteiger partial charge on any atom is 0.319 e. The maximum atomic E-state index is 13.3. The Morgan fingerprint density at radius 1 is 1.00 bits per heavy atom. The van der Waals surface area contributed by atoms with Gasteiger partial charge in [0.15, 0.2) is 0 Å². The summed E-state index contributed by atoms with van der Waals surface area (Å²) in [5, 5.41) is 0. The largest absolute Gasteiger partial charge is 0.319 e. The first-order valence-corrected chi connectivity index (χ1v) is 4.62. The lowest BCUT2D eigenvalue weighted by molar-refractivity contribution is -0.323. The van der Waals surface area contributed by atoms with Crippen molar-refractivity contribution in [2.45, 2.75) is 30.6 Å². The molecule has 0 aromatic heterocycles. The van der Waals surface area contributed by atoms with E-state index in [0.29, 0.717) is 0 Å². The third kappa shape index (κ3) is 1.13. The molecule has 1 aliphatic rings. The first kappa shape index (κ1) is 10.5. The normalized spacial score (nSPS) is 32.1. The van der Waals surface area contributed by atoms with Crippen molar-refractivity contribution in [3.05, 3.63) is 35.9 Å². The zero-order chi connectivity index (χ0) is 11.3. The first-order chi connectivity index (χ1) is 6.81. The van der Waals surface area contributed by atoms with Crippen LogP contribution < -0.4 is 0 Å². The zero-order valence-corrected chi connectivity index (χ0v) is 8.11. The number of hydrogen-bond acceptors (Lipinski definition) is 0. The van der Waals surface area contributed by atoms with Crippen LogP contribution in [0.15, 0.2) is 30.3 Å². The Hall–Kier alpha value is -1.06. The molecule has 1 unspecified atom stereocenters. The number of hydrogen-bond donors (Lipinski definition) is 0. The second-order valence-electron chi connectivity index (χ2n) is 4.15. The summed E-state index contributed by atoms with van der Waals surface area (Å²) in [4.78, 5) is 0. The summed E-state index contributed by atoms with van der Waals surface area (Å²) in [5.41, 5.74) is -1.47. The molecule has 0 heterocycles. The number of benzene rings is 1. The van der Waals surface area contributed by atoms with Gasteiger partial charge in [-0.05, 0) is 12.5 Å². The van der Waals surface area contributed by atoms with Crippen molar-refractivity contribution in [1.82, 2.24) is 0 Å². The highest BCUT2D eigenvalue weighted by Crippen LogP contribution is 2.63. The van der Waals surface area contributed by atoms with E-state index in [1.165, 1.54) is 19.1 Å². The number of alkyl halides is 4. The Bertz CT molecular complexity index is 371. The summed E-state index contributed by atoms with van der Waals surface area (Å²) < 4.78 is 52.1. The molecule has 1 atom stereocenters. The highest BCUT2D eigenvalue weighted by Gasteiger charge is 2.78. The average Bonchev–Trinajstić information content (AvgIpc) is 2.18. The van der Waals surface area contributed by atoms with Crippen LogP contribution in [0.5, 0.6) is 0 Å². The fourth-order valence-corrected chi connectivity index (χ4v) is 2.05. The Labute approximate surface area is 84.9 Å². The molecule has 0 saturated heterocycles. The van der Waals surface area contributed by atoms with Gasteiger partial charge in [0.25, 0.3) is 0 Å². The van der Waals surface area contributed by atoms with Crippen LogP contribution >= 0.6 is 0 Å². The average molecular weight is 218 g/mol. The van der Waals surface area contributed by atoms with Crippen molar-refractivity contribution in [3.8, 4) is 0 Å². The second-order valence-corrected chi connectivity index (χ2v) is 4.15. The van der Waals surface area contributed by atoms with Crippen LogP contribution in [0.3, 0.4) is 0 Å². The van der Waals surface area contributed by atoms with Crippen LogP contribution in [0.1, 0.15) is 18.9 Å². The van der Waals surface area contributed by atoms with Gasteiger partial charge in [-0.1, -0.05) is 30.3 Å². The quantitative estimate of drug-likeness (QED) is 0.631. The molecule has 0 N–H and O–H groups in total. The summed E-state index contributed by atoms with van der Waals surface area (Å²) >= 11 is 0. The molecule has 0 nitrogen and oxygen atoms in total. The molecule has 1 aliphatic carbocycles. The van der Waals surface area contributed by atoms with Crippen LogP contribution in [-0.2, 0) is 5.41 Å². The lowest BCUT2D eigenvalue weighted by Gasteiger charge is -2.52. The highest BCUT2D eigenvalue weighted by molar-refractivity contribution is 5.35. The Morgan fingerprint density at radius 2 is 1.53 bits per heavy atom. The number of rotatable bonds is 1. The van der Waals surface area contributed by atoms with E-state index in [1.807, 2.05) is 0 Å². The topological polar surface area (TPSA) is 0 Å². The summed E-state index contributed by atoms with van der Waals surface area (Å²) in [6.07, 6.45) is -0.795. The Morgan fingerprint density at radius 3 is 1.93 bits per heavy atom. The predicted octanol–water partition coefficient (Wildman–Crippen LogP) is 3.62. The summed E-state index contributed by atoms with van der Waals surface area (Å²) in [7, 11) is 0. The predicted molar refractivity (Wildman–Crippen MR) is 48.3 cm³/mol. The molecule has 82 valence electrons.